The number of ether oxygens (including phenoxy) is 3. The van der Waals surface area contributed by atoms with Gasteiger partial charge in [0.2, 0.25) is 0 Å². The van der Waals surface area contributed by atoms with Crippen LogP contribution in [0.25, 0.3) is 5.53 Å². The molecule has 23 heavy (non-hydrogen) atoms. The number of carbonyl (C=O) groups excluding carboxylic acids is 2. The third-order valence-electron chi connectivity index (χ3n) is 3.73. The summed E-state index contributed by atoms with van der Waals surface area (Å²) in [4.78, 5) is 26.0. The molecule has 0 bridgehead atoms. The molecule has 0 N–H and O–H groups in total. The first-order chi connectivity index (χ1) is 11.0. The van der Waals surface area contributed by atoms with E-state index in [4.69, 9.17) is 15.0 Å². The summed E-state index contributed by atoms with van der Waals surface area (Å²) in [5.74, 6) is -2.57. The Balaban J connectivity index is 1.99. The lowest BCUT2D eigenvalue weighted by atomic mass is 10.1. The molecule has 7 nitrogen and oxygen atoms in total. The third kappa shape index (κ3) is 4.10. The molecule has 0 radical (unpaired) electrons. The van der Waals surface area contributed by atoms with Gasteiger partial charge in [-0.15, -0.1) is 0 Å². The Morgan fingerprint density at radius 2 is 1.83 bits per heavy atom. The van der Waals surface area contributed by atoms with Crippen LogP contribution in [0, 0.1) is 0 Å². The molecule has 122 valence electrons. The number of rotatable bonds is 5. The lowest BCUT2D eigenvalue weighted by molar-refractivity contribution is -0.235. The van der Waals surface area contributed by atoms with E-state index in [-0.39, 0.29) is 12.8 Å². The van der Waals surface area contributed by atoms with Crippen molar-refractivity contribution in [2.75, 3.05) is 7.11 Å². The standard InChI is InChI=1S/C16H18N2O5/c1-16(8-7-13(19)14(18-17)15(20)21-2)22-9-11-5-3-4-6-12(11)10-23-16/h3-6H,7-10H2,1-2H3. The first-order valence-corrected chi connectivity index (χ1v) is 7.17. The number of hydrogen-bond donors (Lipinski definition) is 0. The molecule has 0 aromatic heterocycles. The first-order valence-electron chi connectivity index (χ1n) is 7.17. The Morgan fingerprint density at radius 1 is 1.26 bits per heavy atom. The minimum absolute atomic E-state index is 0.0681. The van der Waals surface area contributed by atoms with E-state index in [0.717, 1.165) is 18.2 Å². The van der Waals surface area contributed by atoms with Gasteiger partial charge in [-0.2, -0.15) is 4.79 Å². The third-order valence-corrected chi connectivity index (χ3v) is 3.73. The van der Waals surface area contributed by atoms with Gasteiger partial charge in [0, 0.05) is 12.8 Å². The van der Waals surface area contributed by atoms with E-state index in [2.05, 4.69) is 9.53 Å². The Bertz CT molecular complexity index is 637. The Morgan fingerprint density at radius 3 is 2.30 bits per heavy atom. The van der Waals surface area contributed by atoms with Gasteiger partial charge in [0.25, 0.3) is 5.78 Å². The van der Waals surface area contributed by atoms with E-state index in [1.54, 1.807) is 6.92 Å². The van der Waals surface area contributed by atoms with Gasteiger partial charge < -0.3 is 19.7 Å². The maximum atomic E-state index is 12.0. The normalized spacial score (nSPS) is 15.7. The maximum absolute atomic E-state index is 12.0. The molecule has 0 saturated heterocycles. The predicted molar refractivity (Wildman–Crippen MR) is 79.3 cm³/mol. The van der Waals surface area contributed by atoms with E-state index >= 15 is 0 Å². The fourth-order valence-electron chi connectivity index (χ4n) is 2.25. The van der Waals surface area contributed by atoms with Crippen molar-refractivity contribution in [3.05, 3.63) is 40.9 Å². The summed E-state index contributed by atoms with van der Waals surface area (Å²) in [7, 11) is 1.11. The van der Waals surface area contributed by atoms with Gasteiger partial charge >= 0.3 is 11.7 Å². The molecule has 1 aromatic rings. The summed E-state index contributed by atoms with van der Waals surface area (Å²) >= 11 is 0. The predicted octanol–water partition coefficient (Wildman–Crippen LogP) is 1.64. The van der Waals surface area contributed by atoms with Crippen LogP contribution in [-0.4, -0.2) is 35.2 Å². The molecule has 0 fully saturated rings. The molecule has 1 aliphatic heterocycles. The zero-order valence-corrected chi connectivity index (χ0v) is 13.1. The second-order valence-electron chi connectivity index (χ2n) is 5.34. The zero-order chi connectivity index (χ0) is 16.9. The van der Waals surface area contributed by atoms with Crippen LogP contribution >= 0.6 is 0 Å². The average molecular weight is 318 g/mol. The number of methoxy groups -OCH3 is 1. The highest BCUT2D eigenvalue weighted by Gasteiger charge is 2.35. The highest BCUT2D eigenvalue weighted by Crippen LogP contribution is 2.28. The van der Waals surface area contributed by atoms with Gasteiger partial charge in [-0.1, -0.05) is 24.3 Å². The van der Waals surface area contributed by atoms with Crippen LogP contribution in [0.1, 0.15) is 30.9 Å². The summed E-state index contributed by atoms with van der Waals surface area (Å²) in [6.07, 6.45) is 0.150. The van der Waals surface area contributed by atoms with Crippen molar-refractivity contribution < 1.29 is 28.6 Å². The fraction of sp³-hybridized carbons (Fsp3) is 0.438. The summed E-state index contributed by atoms with van der Waals surface area (Å²) in [5, 5.41) is 0. The van der Waals surface area contributed by atoms with Crippen molar-refractivity contribution in [2.45, 2.75) is 38.8 Å². The average Bonchev–Trinajstić information content (AvgIpc) is 2.74. The van der Waals surface area contributed by atoms with Gasteiger partial charge in [0.05, 0.1) is 20.3 Å². The van der Waals surface area contributed by atoms with Crippen LogP contribution in [0.2, 0.25) is 0 Å². The Labute approximate surface area is 133 Å². The van der Waals surface area contributed by atoms with Gasteiger partial charge in [0.15, 0.2) is 5.79 Å². The molecule has 0 saturated carbocycles. The topological polar surface area (TPSA) is 98.2 Å². The number of esters is 1. The quantitative estimate of drug-likeness (QED) is 0.270. The number of carbonyl (C=O) groups is 2. The number of ketones is 1. The molecule has 2 rings (SSSR count). The monoisotopic (exact) mass is 318 g/mol. The molecular weight excluding hydrogens is 300 g/mol. The lowest BCUT2D eigenvalue weighted by Gasteiger charge is -2.27. The van der Waals surface area contributed by atoms with E-state index < -0.39 is 23.3 Å². The minimum atomic E-state index is -0.974. The van der Waals surface area contributed by atoms with Crippen molar-refractivity contribution in [1.29, 1.82) is 0 Å². The molecule has 7 heteroatoms. The Hall–Kier alpha value is -2.34. The van der Waals surface area contributed by atoms with Gasteiger partial charge in [-0.3, -0.25) is 4.79 Å². The molecule has 0 unspecified atom stereocenters. The minimum Gasteiger partial charge on any atom is -0.460 e. The summed E-state index contributed by atoms with van der Waals surface area (Å²) in [6, 6.07) is 7.77. The fourth-order valence-corrected chi connectivity index (χ4v) is 2.25. The van der Waals surface area contributed by atoms with Crippen molar-refractivity contribution in [1.82, 2.24) is 0 Å². The SMILES string of the molecule is COC(=O)C(=[N+]=[N-])C(=O)CCC1(C)OCc2ccccc2CO1. The van der Waals surface area contributed by atoms with Crippen LogP contribution in [0.15, 0.2) is 24.3 Å². The van der Waals surface area contributed by atoms with Crippen LogP contribution in [0.4, 0.5) is 0 Å². The molecule has 0 spiro atoms. The molecule has 1 heterocycles. The van der Waals surface area contributed by atoms with Gasteiger partial charge in [0.1, 0.15) is 0 Å². The van der Waals surface area contributed by atoms with Crippen molar-refractivity contribution in [3.8, 4) is 0 Å². The highest BCUT2D eigenvalue weighted by molar-refractivity contribution is 6.62. The zero-order valence-electron chi connectivity index (χ0n) is 13.1. The van der Waals surface area contributed by atoms with Crippen molar-refractivity contribution in [2.24, 2.45) is 0 Å². The summed E-state index contributed by atoms with van der Waals surface area (Å²) in [5.41, 5.74) is 10.2. The number of Topliss-reactive ketones (excluding diaryl/α,β-unsaturated/α-hetero) is 1. The summed E-state index contributed by atoms with van der Waals surface area (Å²) < 4.78 is 15.9. The van der Waals surface area contributed by atoms with Gasteiger partial charge in [-0.05, 0) is 18.1 Å². The van der Waals surface area contributed by atoms with Crippen LogP contribution in [0.5, 0.6) is 0 Å². The molecule has 0 aliphatic carbocycles. The smallest absolute Gasteiger partial charge is 0.441 e. The van der Waals surface area contributed by atoms with E-state index in [9.17, 15) is 9.59 Å². The van der Waals surface area contributed by atoms with Crippen molar-refractivity contribution >= 4 is 17.5 Å². The van der Waals surface area contributed by atoms with Crippen LogP contribution in [-0.2, 0) is 37.0 Å². The second kappa shape index (κ2) is 7.28. The van der Waals surface area contributed by atoms with E-state index in [1.165, 1.54) is 0 Å². The second-order valence-corrected chi connectivity index (χ2v) is 5.34. The van der Waals surface area contributed by atoms with Gasteiger partial charge in [-0.25, -0.2) is 4.79 Å². The van der Waals surface area contributed by atoms with E-state index in [0.29, 0.717) is 13.2 Å². The van der Waals surface area contributed by atoms with Crippen molar-refractivity contribution in [3.63, 3.8) is 0 Å². The van der Waals surface area contributed by atoms with Crippen LogP contribution in [0.3, 0.4) is 0 Å². The Kier molecular flexibility index (Phi) is 5.39. The number of benzene rings is 1. The molecule has 1 aliphatic rings. The molecule has 0 atom stereocenters. The largest absolute Gasteiger partial charge is 0.460 e. The summed E-state index contributed by atoms with van der Waals surface area (Å²) in [6.45, 7) is 2.48. The highest BCUT2D eigenvalue weighted by atomic mass is 16.7. The first kappa shape index (κ1) is 17.0. The lowest BCUT2D eigenvalue weighted by Crippen LogP contribution is -2.34. The number of fused-ring (bicyclic) bond motifs is 1. The van der Waals surface area contributed by atoms with E-state index in [1.807, 2.05) is 24.3 Å². The molecular formula is C16H18N2O5. The molecule has 1 aromatic carbocycles. The van der Waals surface area contributed by atoms with Crippen LogP contribution < -0.4 is 0 Å². The number of nitrogens with zero attached hydrogens (tertiary/aromatic N) is 2. The molecule has 0 amide bonds. The maximum Gasteiger partial charge on any atom is 0.441 e. The number of hydrogen-bond acceptors (Lipinski definition) is 5.